The van der Waals surface area contributed by atoms with Crippen LogP contribution in [0.4, 0.5) is 0 Å². The normalized spacial score (nSPS) is 12.2. The lowest BCUT2D eigenvalue weighted by atomic mass is 10.0. The number of hydrogen-bond donors (Lipinski definition) is 0. The van der Waals surface area contributed by atoms with Gasteiger partial charge in [-0.3, -0.25) is 4.79 Å². The highest BCUT2D eigenvalue weighted by Gasteiger charge is 2.14. The van der Waals surface area contributed by atoms with E-state index in [0.717, 1.165) is 19.3 Å². The van der Waals surface area contributed by atoms with Crippen LogP contribution in [0.5, 0.6) is 0 Å². The van der Waals surface area contributed by atoms with E-state index < -0.39 is 0 Å². The fourth-order valence-electron chi connectivity index (χ4n) is 4.57. The van der Waals surface area contributed by atoms with Gasteiger partial charge in [0.05, 0.1) is 0 Å². The molecule has 0 N–H and O–H groups in total. The van der Waals surface area contributed by atoms with Crippen LogP contribution in [0.1, 0.15) is 181 Å². The standard InChI is InChI=1S/C30H60O2/c1-4-7-10-13-15-16-17-18-20-22-25-28-30(31)32-29(26-23-12-9-6-3)27-24-21-19-14-11-8-5-2/h29H,4-28H2,1-3H3. The van der Waals surface area contributed by atoms with Crippen molar-refractivity contribution in [3.8, 4) is 0 Å². The summed E-state index contributed by atoms with van der Waals surface area (Å²) in [5.41, 5.74) is 0. The number of rotatable bonds is 26. The Balaban J connectivity index is 3.82. The molecule has 32 heavy (non-hydrogen) atoms. The van der Waals surface area contributed by atoms with Crippen molar-refractivity contribution in [1.29, 1.82) is 0 Å². The zero-order valence-electron chi connectivity index (χ0n) is 22.6. The molecule has 2 nitrogen and oxygen atoms in total. The van der Waals surface area contributed by atoms with Crippen LogP contribution in [0.15, 0.2) is 0 Å². The number of hydrogen-bond acceptors (Lipinski definition) is 2. The van der Waals surface area contributed by atoms with Gasteiger partial charge in [0, 0.05) is 6.42 Å². The maximum atomic E-state index is 12.4. The van der Waals surface area contributed by atoms with Gasteiger partial charge in [-0.25, -0.2) is 0 Å². The SMILES string of the molecule is CCCCCCCCCCCCCC(=O)OC(CCCCCC)CCCCCCCCC. The minimum absolute atomic E-state index is 0.0596. The van der Waals surface area contributed by atoms with Crippen LogP contribution in [0.2, 0.25) is 0 Å². The first-order valence-corrected chi connectivity index (χ1v) is 14.9. The smallest absolute Gasteiger partial charge is 0.306 e. The summed E-state index contributed by atoms with van der Waals surface area (Å²) in [6, 6.07) is 0. The lowest BCUT2D eigenvalue weighted by Gasteiger charge is -2.18. The molecule has 0 spiro atoms. The molecule has 0 bridgehead atoms. The van der Waals surface area contributed by atoms with E-state index in [4.69, 9.17) is 4.74 Å². The van der Waals surface area contributed by atoms with Crippen LogP contribution in [0.25, 0.3) is 0 Å². The van der Waals surface area contributed by atoms with E-state index in [0.29, 0.717) is 6.42 Å². The van der Waals surface area contributed by atoms with Crippen LogP contribution in [0.3, 0.4) is 0 Å². The Morgan fingerprint density at radius 2 is 0.781 bits per heavy atom. The van der Waals surface area contributed by atoms with Crippen molar-refractivity contribution in [2.45, 2.75) is 187 Å². The molecule has 0 aromatic heterocycles. The highest BCUT2D eigenvalue weighted by molar-refractivity contribution is 5.69. The van der Waals surface area contributed by atoms with Crippen molar-refractivity contribution < 1.29 is 9.53 Å². The maximum absolute atomic E-state index is 12.4. The van der Waals surface area contributed by atoms with Gasteiger partial charge in [0.2, 0.25) is 0 Å². The zero-order chi connectivity index (χ0) is 23.5. The van der Waals surface area contributed by atoms with E-state index >= 15 is 0 Å². The lowest BCUT2D eigenvalue weighted by Crippen LogP contribution is -2.18. The monoisotopic (exact) mass is 452 g/mol. The van der Waals surface area contributed by atoms with E-state index in [1.54, 1.807) is 0 Å². The quantitative estimate of drug-likeness (QED) is 0.0963. The van der Waals surface area contributed by atoms with Gasteiger partial charge in [0.25, 0.3) is 0 Å². The first-order chi connectivity index (χ1) is 15.7. The average Bonchev–Trinajstić information content (AvgIpc) is 2.79. The number of carbonyl (C=O) groups is 1. The summed E-state index contributed by atoms with van der Waals surface area (Å²) >= 11 is 0. The lowest BCUT2D eigenvalue weighted by molar-refractivity contribution is -0.150. The van der Waals surface area contributed by atoms with Crippen molar-refractivity contribution in [3.05, 3.63) is 0 Å². The number of carbonyl (C=O) groups excluding carboxylic acids is 1. The molecule has 0 saturated carbocycles. The molecule has 0 amide bonds. The number of esters is 1. The Hall–Kier alpha value is -0.530. The van der Waals surface area contributed by atoms with Gasteiger partial charge in [0.1, 0.15) is 6.10 Å². The highest BCUT2D eigenvalue weighted by Crippen LogP contribution is 2.18. The molecule has 0 saturated heterocycles. The summed E-state index contributed by atoms with van der Waals surface area (Å²) < 4.78 is 5.93. The van der Waals surface area contributed by atoms with Gasteiger partial charge in [0.15, 0.2) is 0 Å². The van der Waals surface area contributed by atoms with Crippen LogP contribution in [-0.2, 0) is 9.53 Å². The first-order valence-electron chi connectivity index (χ1n) is 14.9. The topological polar surface area (TPSA) is 26.3 Å². The van der Waals surface area contributed by atoms with Gasteiger partial charge in [-0.05, 0) is 32.1 Å². The molecule has 0 heterocycles. The molecule has 0 aromatic carbocycles. The second-order valence-electron chi connectivity index (χ2n) is 10.2. The third-order valence-corrected chi connectivity index (χ3v) is 6.79. The van der Waals surface area contributed by atoms with Gasteiger partial charge >= 0.3 is 5.97 Å². The molecule has 0 fully saturated rings. The maximum Gasteiger partial charge on any atom is 0.306 e. The molecule has 1 unspecified atom stereocenters. The molecule has 2 heteroatoms. The van der Waals surface area contributed by atoms with Crippen molar-refractivity contribution in [3.63, 3.8) is 0 Å². The Morgan fingerprint density at radius 3 is 1.19 bits per heavy atom. The van der Waals surface area contributed by atoms with Crippen LogP contribution in [0, 0.1) is 0 Å². The number of unbranched alkanes of at least 4 members (excludes halogenated alkanes) is 19. The van der Waals surface area contributed by atoms with E-state index in [-0.39, 0.29) is 12.1 Å². The fraction of sp³-hybridized carbons (Fsp3) is 0.967. The molecule has 0 aliphatic rings. The van der Waals surface area contributed by atoms with E-state index in [1.165, 1.54) is 135 Å². The van der Waals surface area contributed by atoms with Crippen LogP contribution in [-0.4, -0.2) is 12.1 Å². The minimum atomic E-state index is 0.0596. The van der Waals surface area contributed by atoms with Gasteiger partial charge in [-0.2, -0.15) is 0 Å². The van der Waals surface area contributed by atoms with Gasteiger partial charge in [-0.1, -0.05) is 143 Å². The van der Waals surface area contributed by atoms with Crippen molar-refractivity contribution in [1.82, 2.24) is 0 Å². The van der Waals surface area contributed by atoms with Gasteiger partial charge in [-0.15, -0.1) is 0 Å². The molecule has 0 rings (SSSR count). The zero-order valence-corrected chi connectivity index (χ0v) is 22.6. The van der Waals surface area contributed by atoms with E-state index in [9.17, 15) is 4.79 Å². The third-order valence-electron chi connectivity index (χ3n) is 6.79. The Bertz CT molecular complexity index is 366. The first kappa shape index (κ1) is 31.5. The molecule has 1 atom stereocenters. The third kappa shape index (κ3) is 24.1. The summed E-state index contributed by atoms with van der Waals surface area (Å²) in [6.07, 6.45) is 31.8. The summed E-state index contributed by atoms with van der Waals surface area (Å²) in [7, 11) is 0. The minimum Gasteiger partial charge on any atom is -0.462 e. The predicted molar refractivity (Wildman–Crippen MR) is 142 cm³/mol. The Morgan fingerprint density at radius 1 is 0.469 bits per heavy atom. The van der Waals surface area contributed by atoms with Gasteiger partial charge < -0.3 is 4.74 Å². The summed E-state index contributed by atoms with van der Waals surface area (Å²) in [5, 5.41) is 0. The molecular formula is C30H60O2. The van der Waals surface area contributed by atoms with Crippen LogP contribution >= 0.6 is 0 Å². The summed E-state index contributed by atoms with van der Waals surface area (Å²) in [4.78, 5) is 12.4. The van der Waals surface area contributed by atoms with Crippen molar-refractivity contribution in [2.75, 3.05) is 0 Å². The second-order valence-corrected chi connectivity index (χ2v) is 10.2. The number of ether oxygens (including phenoxy) is 1. The van der Waals surface area contributed by atoms with Crippen molar-refractivity contribution in [2.24, 2.45) is 0 Å². The Labute approximate surface area is 203 Å². The molecule has 0 aliphatic heterocycles. The molecule has 0 aromatic rings. The molecule has 0 aliphatic carbocycles. The highest BCUT2D eigenvalue weighted by atomic mass is 16.5. The Kier molecular flexibility index (Phi) is 26.3. The summed E-state index contributed by atoms with van der Waals surface area (Å²) in [5.74, 6) is 0.0596. The fourth-order valence-corrected chi connectivity index (χ4v) is 4.57. The predicted octanol–water partition coefficient (Wildman–Crippen LogP) is 10.7. The van der Waals surface area contributed by atoms with Crippen molar-refractivity contribution >= 4 is 5.97 Å². The largest absolute Gasteiger partial charge is 0.462 e. The second kappa shape index (κ2) is 26.7. The van der Waals surface area contributed by atoms with Crippen LogP contribution < -0.4 is 0 Å². The average molecular weight is 453 g/mol. The molecule has 192 valence electrons. The summed E-state index contributed by atoms with van der Waals surface area (Å²) in [6.45, 7) is 6.80. The molecule has 0 radical (unpaired) electrons. The molecular weight excluding hydrogens is 392 g/mol. The van der Waals surface area contributed by atoms with E-state index in [2.05, 4.69) is 20.8 Å². The van der Waals surface area contributed by atoms with E-state index in [1.807, 2.05) is 0 Å².